The van der Waals surface area contributed by atoms with E-state index in [0.717, 1.165) is 11.1 Å². The number of amides is 4. The van der Waals surface area contributed by atoms with E-state index < -0.39 is 0 Å². The second-order valence-corrected chi connectivity index (χ2v) is 9.28. The standard InChI is InChI=1S/C28H38N4O4/c1-31(2)27(35)17-15-21-9-7-11-23(19-21)29-25(33)13-5-6-14-26(34)30-24-12-8-10-22(20-24)16-18-28(36)32(3)4/h7-12,19-20H,5-6,13-18H2,1-4H3,(H,29,33)(H,30,34). The SMILES string of the molecule is CN(C)C(=O)CCc1cccc(NC(=O)CCCCC(=O)Nc2cccc(CCC(=O)N(C)C)c2)c1. The first kappa shape index (κ1) is 28.6. The maximum atomic E-state index is 12.3. The van der Waals surface area contributed by atoms with Crippen LogP contribution in [0.3, 0.4) is 0 Å². The fraction of sp³-hybridized carbons (Fsp3) is 0.429. The number of nitrogens with zero attached hydrogens (tertiary/aromatic N) is 2. The molecule has 0 aliphatic rings. The summed E-state index contributed by atoms with van der Waals surface area (Å²) in [6, 6.07) is 15.0. The van der Waals surface area contributed by atoms with Gasteiger partial charge in [-0.15, -0.1) is 0 Å². The zero-order chi connectivity index (χ0) is 26.5. The van der Waals surface area contributed by atoms with E-state index in [9.17, 15) is 19.2 Å². The van der Waals surface area contributed by atoms with Crippen molar-refractivity contribution in [3.05, 3.63) is 59.7 Å². The molecule has 0 heterocycles. The van der Waals surface area contributed by atoms with E-state index in [1.54, 1.807) is 38.0 Å². The predicted molar refractivity (Wildman–Crippen MR) is 143 cm³/mol. The van der Waals surface area contributed by atoms with Crippen LogP contribution in [0, 0.1) is 0 Å². The van der Waals surface area contributed by atoms with Gasteiger partial charge in [-0.3, -0.25) is 19.2 Å². The summed E-state index contributed by atoms with van der Waals surface area (Å²) in [5.41, 5.74) is 3.40. The van der Waals surface area contributed by atoms with E-state index in [0.29, 0.717) is 62.7 Å². The molecule has 2 rings (SSSR count). The Bertz CT molecular complexity index is 966. The molecule has 0 unspecified atom stereocenters. The predicted octanol–water partition coefficient (Wildman–Crippen LogP) is 3.87. The second kappa shape index (κ2) is 14.7. The minimum absolute atomic E-state index is 0.0673. The van der Waals surface area contributed by atoms with Gasteiger partial charge in [0.05, 0.1) is 0 Å². The highest BCUT2D eigenvalue weighted by Gasteiger charge is 2.09. The van der Waals surface area contributed by atoms with Gasteiger partial charge in [0.15, 0.2) is 0 Å². The number of aryl methyl sites for hydroxylation is 2. The average Bonchev–Trinajstić information content (AvgIpc) is 2.84. The number of carbonyl (C=O) groups is 4. The summed E-state index contributed by atoms with van der Waals surface area (Å²) in [5, 5.41) is 5.78. The summed E-state index contributed by atoms with van der Waals surface area (Å²) in [6.45, 7) is 0. The highest BCUT2D eigenvalue weighted by molar-refractivity contribution is 5.92. The number of carbonyl (C=O) groups excluding carboxylic acids is 4. The Morgan fingerprint density at radius 2 is 1.00 bits per heavy atom. The van der Waals surface area contributed by atoms with Gasteiger partial charge in [0, 0.05) is 65.2 Å². The molecule has 0 radical (unpaired) electrons. The van der Waals surface area contributed by atoms with Gasteiger partial charge in [0.2, 0.25) is 23.6 Å². The summed E-state index contributed by atoms with van der Waals surface area (Å²) in [7, 11) is 6.94. The molecule has 36 heavy (non-hydrogen) atoms. The number of rotatable bonds is 13. The topological polar surface area (TPSA) is 98.8 Å². The van der Waals surface area contributed by atoms with Gasteiger partial charge in [-0.2, -0.15) is 0 Å². The molecule has 0 atom stereocenters. The van der Waals surface area contributed by atoms with Crippen molar-refractivity contribution in [3.63, 3.8) is 0 Å². The van der Waals surface area contributed by atoms with E-state index in [-0.39, 0.29) is 23.6 Å². The van der Waals surface area contributed by atoms with Gasteiger partial charge >= 0.3 is 0 Å². The number of hydrogen-bond donors (Lipinski definition) is 2. The van der Waals surface area contributed by atoms with Crippen molar-refractivity contribution in [3.8, 4) is 0 Å². The Labute approximate surface area is 214 Å². The van der Waals surface area contributed by atoms with Crippen LogP contribution < -0.4 is 10.6 Å². The molecule has 0 spiro atoms. The van der Waals surface area contributed by atoms with Crippen LogP contribution in [0.5, 0.6) is 0 Å². The molecule has 0 aliphatic heterocycles. The van der Waals surface area contributed by atoms with Crippen LogP contribution in [0.4, 0.5) is 11.4 Å². The average molecular weight is 495 g/mol. The Balaban J connectivity index is 1.69. The maximum absolute atomic E-state index is 12.3. The second-order valence-electron chi connectivity index (χ2n) is 9.28. The molecule has 4 amide bonds. The van der Waals surface area contributed by atoms with Crippen LogP contribution in [0.25, 0.3) is 0 Å². The maximum Gasteiger partial charge on any atom is 0.224 e. The number of unbranched alkanes of at least 4 members (excludes halogenated alkanes) is 1. The Morgan fingerprint density at radius 1 is 0.611 bits per heavy atom. The summed E-state index contributed by atoms with van der Waals surface area (Å²) >= 11 is 0. The largest absolute Gasteiger partial charge is 0.349 e. The number of benzene rings is 2. The number of nitrogens with one attached hydrogen (secondary N) is 2. The molecular formula is C28H38N4O4. The molecule has 0 saturated carbocycles. The van der Waals surface area contributed by atoms with Crippen LogP contribution >= 0.6 is 0 Å². The highest BCUT2D eigenvalue weighted by atomic mass is 16.2. The van der Waals surface area contributed by atoms with Crippen molar-refractivity contribution in [1.29, 1.82) is 0 Å². The van der Waals surface area contributed by atoms with Crippen molar-refractivity contribution < 1.29 is 19.2 Å². The first-order valence-corrected chi connectivity index (χ1v) is 12.3. The molecule has 2 aromatic carbocycles. The molecular weight excluding hydrogens is 456 g/mol. The van der Waals surface area contributed by atoms with Gasteiger partial charge in [-0.05, 0) is 61.1 Å². The van der Waals surface area contributed by atoms with Crippen LogP contribution in [-0.2, 0) is 32.0 Å². The summed E-state index contributed by atoms with van der Waals surface area (Å²) in [4.78, 5) is 51.3. The fourth-order valence-corrected chi connectivity index (χ4v) is 3.58. The van der Waals surface area contributed by atoms with Crippen molar-refractivity contribution in [2.75, 3.05) is 38.8 Å². The molecule has 8 nitrogen and oxygen atoms in total. The van der Waals surface area contributed by atoms with Crippen molar-refractivity contribution in [2.45, 2.75) is 51.4 Å². The van der Waals surface area contributed by atoms with E-state index in [1.165, 1.54) is 0 Å². The zero-order valence-corrected chi connectivity index (χ0v) is 21.8. The minimum atomic E-state index is -0.100. The Morgan fingerprint density at radius 3 is 1.36 bits per heavy atom. The first-order chi connectivity index (χ1) is 17.1. The molecule has 194 valence electrons. The van der Waals surface area contributed by atoms with Crippen LogP contribution in [0.2, 0.25) is 0 Å². The van der Waals surface area contributed by atoms with E-state index in [2.05, 4.69) is 10.6 Å². The summed E-state index contributed by atoms with van der Waals surface area (Å²) in [6.07, 6.45) is 3.93. The lowest BCUT2D eigenvalue weighted by Crippen LogP contribution is -2.21. The monoisotopic (exact) mass is 494 g/mol. The first-order valence-electron chi connectivity index (χ1n) is 12.3. The molecule has 0 saturated heterocycles. The lowest BCUT2D eigenvalue weighted by Gasteiger charge is -2.11. The van der Waals surface area contributed by atoms with E-state index in [4.69, 9.17) is 0 Å². The Kier molecular flexibility index (Phi) is 11.6. The third-order valence-corrected chi connectivity index (χ3v) is 5.73. The number of anilines is 2. The zero-order valence-electron chi connectivity index (χ0n) is 21.8. The normalized spacial score (nSPS) is 10.4. The van der Waals surface area contributed by atoms with Crippen LogP contribution in [-0.4, -0.2) is 61.6 Å². The molecule has 2 aromatic rings. The lowest BCUT2D eigenvalue weighted by atomic mass is 10.1. The van der Waals surface area contributed by atoms with Crippen molar-refractivity contribution in [1.82, 2.24) is 9.80 Å². The van der Waals surface area contributed by atoms with Crippen LogP contribution in [0.1, 0.15) is 49.7 Å². The van der Waals surface area contributed by atoms with Gasteiger partial charge in [-0.1, -0.05) is 24.3 Å². The third-order valence-electron chi connectivity index (χ3n) is 5.73. The summed E-state index contributed by atoms with van der Waals surface area (Å²) < 4.78 is 0. The quantitative estimate of drug-likeness (QED) is 0.413. The van der Waals surface area contributed by atoms with Gasteiger partial charge in [0.25, 0.3) is 0 Å². The van der Waals surface area contributed by atoms with Crippen molar-refractivity contribution in [2.24, 2.45) is 0 Å². The molecule has 2 N–H and O–H groups in total. The van der Waals surface area contributed by atoms with Gasteiger partial charge < -0.3 is 20.4 Å². The molecule has 0 fully saturated rings. The molecule has 8 heteroatoms. The molecule has 0 bridgehead atoms. The fourth-order valence-electron chi connectivity index (χ4n) is 3.58. The third kappa shape index (κ3) is 10.7. The highest BCUT2D eigenvalue weighted by Crippen LogP contribution is 2.15. The lowest BCUT2D eigenvalue weighted by molar-refractivity contribution is -0.129. The van der Waals surface area contributed by atoms with Crippen molar-refractivity contribution >= 4 is 35.0 Å². The van der Waals surface area contributed by atoms with E-state index >= 15 is 0 Å². The number of hydrogen-bond acceptors (Lipinski definition) is 4. The van der Waals surface area contributed by atoms with Gasteiger partial charge in [0.1, 0.15) is 0 Å². The van der Waals surface area contributed by atoms with E-state index in [1.807, 2.05) is 48.5 Å². The Hall–Kier alpha value is -3.68. The molecule has 0 aromatic heterocycles. The van der Waals surface area contributed by atoms with Gasteiger partial charge in [-0.25, -0.2) is 0 Å². The smallest absolute Gasteiger partial charge is 0.224 e. The minimum Gasteiger partial charge on any atom is -0.349 e. The van der Waals surface area contributed by atoms with Crippen LogP contribution in [0.15, 0.2) is 48.5 Å². The summed E-state index contributed by atoms with van der Waals surface area (Å²) in [5.74, 6) is -0.0656. The molecule has 0 aliphatic carbocycles.